The predicted octanol–water partition coefficient (Wildman–Crippen LogP) is 3.17. The number of pyridine rings is 1. The minimum atomic E-state index is -0.511. The number of amides is 1. The normalized spacial score (nSPS) is 14.5. The lowest BCUT2D eigenvalue weighted by molar-refractivity contribution is 0.0525. The predicted molar refractivity (Wildman–Crippen MR) is 93.5 cm³/mol. The minimum Gasteiger partial charge on any atom is -0.444 e. The Kier molecular flexibility index (Phi) is 6.17. The van der Waals surface area contributed by atoms with Crippen LogP contribution in [0.3, 0.4) is 0 Å². The third kappa shape index (κ3) is 5.83. The average molecular weight is 333 g/mol. The smallest absolute Gasteiger partial charge is 0.407 e. The Morgan fingerprint density at radius 1 is 1.25 bits per heavy atom. The molecule has 1 fully saturated rings. The fourth-order valence-electron chi connectivity index (χ4n) is 2.58. The van der Waals surface area contributed by atoms with Crippen LogP contribution in [-0.4, -0.2) is 42.1 Å². The Bertz CT molecular complexity index is 558. The van der Waals surface area contributed by atoms with Crippen molar-refractivity contribution >= 4 is 17.7 Å². The van der Waals surface area contributed by atoms with Gasteiger partial charge in [0.1, 0.15) is 11.4 Å². The molecular formula is C18H27N3O3. The summed E-state index contributed by atoms with van der Waals surface area (Å²) in [6.07, 6.45) is 4.55. The molecule has 24 heavy (non-hydrogen) atoms. The highest BCUT2D eigenvalue weighted by Gasteiger charge is 2.16. The maximum atomic E-state index is 12.2. The number of Topliss-reactive ketones (excluding diaryl/α,β-unsaturated/α-hetero) is 1. The molecule has 0 spiro atoms. The molecule has 0 radical (unpaired) electrons. The van der Waals surface area contributed by atoms with Crippen LogP contribution in [0.15, 0.2) is 18.3 Å². The number of hydrogen-bond acceptors (Lipinski definition) is 5. The van der Waals surface area contributed by atoms with Crippen molar-refractivity contribution in [2.45, 2.75) is 52.1 Å². The molecule has 0 saturated carbocycles. The third-order valence-corrected chi connectivity index (χ3v) is 3.75. The van der Waals surface area contributed by atoms with Gasteiger partial charge in [-0.3, -0.25) is 4.79 Å². The molecule has 2 rings (SSSR count). The average Bonchev–Trinajstić information content (AvgIpc) is 3.04. The molecule has 1 N–H and O–H groups in total. The van der Waals surface area contributed by atoms with Crippen LogP contribution in [0.4, 0.5) is 10.6 Å². The molecule has 1 aliphatic heterocycles. The van der Waals surface area contributed by atoms with E-state index in [2.05, 4.69) is 15.2 Å². The fourth-order valence-corrected chi connectivity index (χ4v) is 2.58. The lowest BCUT2D eigenvalue weighted by Gasteiger charge is -2.19. The van der Waals surface area contributed by atoms with Gasteiger partial charge >= 0.3 is 6.09 Å². The van der Waals surface area contributed by atoms with Crippen molar-refractivity contribution in [1.29, 1.82) is 0 Å². The minimum absolute atomic E-state index is 0.0430. The first-order valence-corrected chi connectivity index (χ1v) is 8.56. The van der Waals surface area contributed by atoms with Gasteiger partial charge in [0.05, 0.1) is 0 Å². The van der Waals surface area contributed by atoms with Crippen molar-refractivity contribution in [1.82, 2.24) is 10.3 Å². The first-order chi connectivity index (χ1) is 11.3. The first kappa shape index (κ1) is 18.2. The van der Waals surface area contributed by atoms with Gasteiger partial charge < -0.3 is 15.0 Å². The second-order valence-electron chi connectivity index (χ2n) is 7.05. The van der Waals surface area contributed by atoms with Crippen molar-refractivity contribution in [2.24, 2.45) is 0 Å². The van der Waals surface area contributed by atoms with E-state index in [0.717, 1.165) is 18.9 Å². The number of alkyl carbamates (subject to hydrolysis) is 1. The zero-order chi connectivity index (χ0) is 17.6. The number of ketones is 1. The SMILES string of the molecule is CC(C)(C)OC(=O)NCCCC(=O)c1ccc(N2CCCC2)nc1. The summed E-state index contributed by atoms with van der Waals surface area (Å²) in [5, 5.41) is 2.66. The van der Waals surface area contributed by atoms with Crippen LogP contribution >= 0.6 is 0 Å². The zero-order valence-electron chi connectivity index (χ0n) is 14.8. The van der Waals surface area contributed by atoms with Gasteiger partial charge in [-0.1, -0.05) is 0 Å². The fraction of sp³-hybridized carbons (Fsp3) is 0.611. The molecule has 0 bridgehead atoms. The van der Waals surface area contributed by atoms with Crippen LogP contribution in [0.5, 0.6) is 0 Å². The van der Waals surface area contributed by atoms with Crippen molar-refractivity contribution in [2.75, 3.05) is 24.5 Å². The topological polar surface area (TPSA) is 71.5 Å². The molecule has 2 heterocycles. The van der Waals surface area contributed by atoms with E-state index in [-0.39, 0.29) is 5.78 Å². The lowest BCUT2D eigenvalue weighted by Crippen LogP contribution is -2.33. The summed E-state index contributed by atoms with van der Waals surface area (Å²) < 4.78 is 5.14. The number of aromatic nitrogens is 1. The van der Waals surface area contributed by atoms with Crippen molar-refractivity contribution in [3.63, 3.8) is 0 Å². The number of carbonyl (C=O) groups excluding carboxylic acids is 2. The standard InChI is InChI=1S/C18H27N3O3/c1-18(2,3)24-17(23)19-10-6-7-15(22)14-8-9-16(20-13-14)21-11-4-5-12-21/h8-9,13H,4-7,10-12H2,1-3H3,(H,19,23). The zero-order valence-corrected chi connectivity index (χ0v) is 14.8. The number of ether oxygens (including phenoxy) is 1. The highest BCUT2D eigenvalue weighted by Crippen LogP contribution is 2.18. The first-order valence-electron chi connectivity index (χ1n) is 8.56. The summed E-state index contributed by atoms with van der Waals surface area (Å²) in [6.45, 7) is 7.94. The monoisotopic (exact) mass is 333 g/mol. The van der Waals surface area contributed by atoms with E-state index >= 15 is 0 Å². The quantitative estimate of drug-likeness (QED) is 0.639. The summed E-state index contributed by atoms with van der Waals surface area (Å²) in [5.74, 6) is 0.983. The lowest BCUT2D eigenvalue weighted by atomic mass is 10.1. The molecule has 0 aromatic carbocycles. The van der Waals surface area contributed by atoms with Gasteiger partial charge in [0.15, 0.2) is 5.78 Å². The van der Waals surface area contributed by atoms with E-state index in [1.165, 1.54) is 12.8 Å². The van der Waals surface area contributed by atoms with Gasteiger partial charge in [-0.2, -0.15) is 0 Å². The molecule has 1 amide bonds. The third-order valence-electron chi connectivity index (χ3n) is 3.75. The second-order valence-corrected chi connectivity index (χ2v) is 7.05. The largest absolute Gasteiger partial charge is 0.444 e. The summed E-state index contributed by atoms with van der Waals surface area (Å²) in [6, 6.07) is 3.75. The van der Waals surface area contributed by atoms with Gasteiger partial charge in [0.25, 0.3) is 0 Å². The molecule has 132 valence electrons. The number of hydrogen-bond donors (Lipinski definition) is 1. The molecule has 6 heteroatoms. The number of anilines is 1. The van der Waals surface area contributed by atoms with Crippen LogP contribution < -0.4 is 10.2 Å². The molecule has 1 aromatic rings. The second kappa shape index (κ2) is 8.13. The Balaban J connectivity index is 1.71. The maximum Gasteiger partial charge on any atom is 0.407 e. The molecule has 0 aliphatic carbocycles. The van der Waals surface area contributed by atoms with Crippen molar-refractivity contribution in [3.8, 4) is 0 Å². The highest BCUT2D eigenvalue weighted by molar-refractivity contribution is 5.95. The van der Waals surface area contributed by atoms with Crippen LogP contribution in [0.1, 0.15) is 56.8 Å². The Morgan fingerprint density at radius 2 is 1.96 bits per heavy atom. The van der Waals surface area contributed by atoms with E-state index in [0.29, 0.717) is 24.9 Å². The summed E-state index contributed by atoms with van der Waals surface area (Å²) in [5.41, 5.74) is 0.109. The number of nitrogens with zero attached hydrogens (tertiary/aromatic N) is 2. The highest BCUT2D eigenvalue weighted by atomic mass is 16.6. The summed E-state index contributed by atoms with van der Waals surface area (Å²) >= 11 is 0. The van der Waals surface area contributed by atoms with Gasteiger partial charge in [-0.25, -0.2) is 9.78 Å². The van der Waals surface area contributed by atoms with Crippen LogP contribution in [-0.2, 0) is 4.74 Å². The molecule has 1 aromatic heterocycles. The Morgan fingerprint density at radius 3 is 2.54 bits per heavy atom. The summed E-state index contributed by atoms with van der Waals surface area (Å²) in [7, 11) is 0. The molecule has 0 atom stereocenters. The van der Waals surface area contributed by atoms with E-state index in [9.17, 15) is 9.59 Å². The number of carbonyl (C=O) groups is 2. The van der Waals surface area contributed by atoms with Gasteiger partial charge in [-0.05, 0) is 52.2 Å². The molecule has 1 aliphatic rings. The van der Waals surface area contributed by atoms with Crippen molar-refractivity contribution < 1.29 is 14.3 Å². The van der Waals surface area contributed by atoms with E-state index in [1.54, 1.807) is 6.20 Å². The van der Waals surface area contributed by atoms with E-state index < -0.39 is 11.7 Å². The van der Waals surface area contributed by atoms with Crippen LogP contribution in [0.2, 0.25) is 0 Å². The van der Waals surface area contributed by atoms with Gasteiger partial charge in [-0.15, -0.1) is 0 Å². The van der Waals surface area contributed by atoms with Crippen LogP contribution in [0, 0.1) is 0 Å². The number of nitrogens with one attached hydrogen (secondary N) is 1. The Labute approximate surface area is 143 Å². The number of rotatable bonds is 6. The maximum absolute atomic E-state index is 12.2. The molecule has 0 unspecified atom stereocenters. The molecular weight excluding hydrogens is 306 g/mol. The molecule has 6 nitrogen and oxygen atoms in total. The van der Waals surface area contributed by atoms with Crippen LogP contribution in [0.25, 0.3) is 0 Å². The van der Waals surface area contributed by atoms with Crippen molar-refractivity contribution in [3.05, 3.63) is 23.9 Å². The van der Waals surface area contributed by atoms with E-state index in [4.69, 9.17) is 4.74 Å². The van der Waals surface area contributed by atoms with E-state index in [1.807, 2.05) is 32.9 Å². The Hall–Kier alpha value is -2.11. The summed E-state index contributed by atoms with van der Waals surface area (Å²) in [4.78, 5) is 30.3. The van der Waals surface area contributed by atoms with Gasteiger partial charge in [0, 0.05) is 37.8 Å². The molecule has 1 saturated heterocycles. The van der Waals surface area contributed by atoms with Gasteiger partial charge in [0.2, 0.25) is 0 Å².